The van der Waals surface area contributed by atoms with Gasteiger partial charge in [0.15, 0.2) is 0 Å². The van der Waals surface area contributed by atoms with E-state index in [4.69, 9.17) is 0 Å². The summed E-state index contributed by atoms with van der Waals surface area (Å²) in [5, 5.41) is 4.28. The number of hydrogen-bond donors (Lipinski definition) is 1. The molecule has 1 aromatic heterocycles. The highest BCUT2D eigenvalue weighted by Gasteiger charge is 2.12. The van der Waals surface area contributed by atoms with Gasteiger partial charge < -0.3 is 9.88 Å². The molecule has 2 rings (SSSR count). The first kappa shape index (κ1) is 13.7. The highest BCUT2D eigenvalue weighted by atomic mass is 16.1. The maximum absolute atomic E-state index is 11.6. The Morgan fingerprint density at radius 2 is 2.00 bits per heavy atom. The molecule has 0 aliphatic rings. The van der Waals surface area contributed by atoms with Crippen LogP contribution in [0.2, 0.25) is 0 Å². The molecule has 102 valence electrons. The lowest BCUT2D eigenvalue weighted by molar-refractivity contribution is -0.123. The van der Waals surface area contributed by atoms with Crippen molar-refractivity contribution in [1.82, 2.24) is 9.88 Å². The third kappa shape index (κ3) is 2.65. The van der Waals surface area contributed by atoms with Crippen LogP contribution in [-0.4, -0.2) is 17.0 Å². The zero-order valence-corrected chi connectivity index (χ0v) is 12.2. The third-order valence-corrected chi connectivity index (χ3v) is 3.73. The smallest absolute Gasteiger partial charge is 0.222 e. The van der Waals surface area contributed by atoms with Crippen LogP contribution in [-0.2, 0) is 18.3 Å². The zero-order valence-electron chi connectivity index (χ0n) is 12.2. The second-order valence-corrected chi connectivity index (χ2v) is 5.34. The zero-order chi connectivity index (χ0) is 14.0. The molecule has 0 bridgehead atoms. The van der Waals surface area contributed by atoms with Crippen LogP contribution >= 0.6 is 0 Å². The Morgan fingerprint density at radius 1 is 1.32 bits per heavy atom. The van der Waals surface area contributed by atoms with Crippen molar-refractivity contribution >= 4 is 16.8 Å². The van der Waals surface area contributed by atoms with E-state index in [-0.39, 0.29) is 11.8 Å². The van der Waals surface area contributed by atoms with Gasteiger partial charge in [-0.15, -0.1) is 0 Å². The Bertz CT molecular complexity index is 596. The second-order valence-electron chi connectivity index (χ2n) is 5.34. The predicted octanol–water partition coefficient (Wildman–Crippen LogP) is 2.80. The van der Waals surface area contributed by atoms with E-state index in [2.05, 4.69) is 48.1 Å². The van der Waals surface area contributed by atoms with E-state index in [1.807, 2.05) is 13.8 Å². The van der Waals surface area contributed by atoms with E-state index in [0.29, 0.717) is 6.54 Å². The lowest BCUT2D eigenvalue weighted by Crippen LogP contribution is -2.29. The van der Waals surface area contributed by atoms with Crippen LogP contribution in [0.5, 0.6) is 0 Å². The molecule has 1 amide bonds. The molecule has 0 aliphatic carbocycles. The molecule has 1 heterocycles. The topological polar surface area (TPSA) is 34.0 Å². The van der Waals surface area contributed by atoms with Crippen molar-refractivity contribution in [3.63, 3.8) is 0 Å². The van der Waals surface area contributed by atoms with Crippen LogP contribution in [0.3, 0.4) is 0 Å². The summed E-state index contributed by atoms with van der Waals surface area (Å²) in [4.78, 5) is 11.6. The molecule has 2 aromatic rings. The maximum atomic E-state index is 11.6. The molecular formula is C16H22N2O. The summed E-state index contributed by atoms with van der Waals surface area (Å²) in [5.74, 6) is 0.173. The standard InChI is InChI=1S/C16H22N2O/c1-11(2)16(19)17-10-9-13-12(3)18(4)15-8-6-5-7-14(13)15/h5-8,11H,9-10H2,1-4H3,(H,17,19). The minimum atomic E-state index is 0.0496. The van der Waals surface area contributed by atoms with Gasteiger partial charge in [-0.05, 0) is 25.0 Å². The molecule has 0 spiro atoms. The highest BCUT2D eigenvalue weighted by Crippen LogP contribution is 2.24. The van der Waals surface area contributed by atoms with E-state index >= 15 is 0 Å². The minimum Gasteiger partial charge on any atom is -0.356 e. The second kappa shape index (κ2) is 5.47. The Kier molecular flexibility index (Phi) is 3.93. The van der Waals surface area contributed by atoms with Crippen molar-refractivity contribution in [2.24, 2.45) is 13.0 Å². The molecule has 0 unspecified atom stereocenters. The average molecular weight is 258 g/mol. The van der Waals surface area contributed by atoms with E-state index in [1.54, 1.807) is 0 Å². The summed E-state index contributed by atoms with van der Waals surface area (Å²) in [6, 6.07) is 8.42. The van der Waals surface area contributed by atoms with Gasteiger partial charge in [0.1, 0.15) is 0 Å². The maximum Gasteiger partial charge on any atom is 0.222 e. The number of rotatable bonds is 4. The van der Waals surface area contributed by atoms with Crippen molar-refractivity contribution in [3.8, 4) is 0 Å². The van der Waals surface area contributed by atoms with E-state index in [1.165, 1.54) is 22.2 Å². The summed E-state index contributed by atoms with van der Waals surface area (Å²) in [6.45, 7) is 6.67. The van der Waals surface area contributed by atoms with E-state index in [0.717, 1.165) is 6.42 Å². The minimum absolute atomic E-state index is 0.0496. The number of para-hydroxylation sites is 1. The van der Waals surface area contributed by atoms with Crippen LogP contribution in [0, 0.1) is 12.8 Å². The number of hydrogen-bond acceptors (Lipinski definition) is 1. The molecule has 0 radical (unpaired) electrons. The fraction of sp³-hybridized carbons (Fsp3) is 0.438. The molecule has 0 atom stereocenters. The van der Waals surface area contributed by atoms with Crippen molar-refractivity contribution in [2.75, 3.05) is 6.54 Å². The highest BCUT2D eigenvalue weighted by molar-refractivity contribution is 5.85. The number of aryl methyl sites for hydroxylation is 1. The summed E-state index contributed by atoms with van der Waals surface area (Å²) in [5.41, 5.74) is 3.87. The number of amides is 1. The fourth-order valence-corrected chi connectivity index (χ4v) is 2.43. The molecule has 1 aromatic carbocycles. The normalized spacial score (nSPS) is 11.2. The van der Waals surface area contributed by atoms with Crippen molar-refractivity contribution in [1.29, 1.82) is 0 Å². The predicted molar refractivity (Wildman–Crippen MR) is 79.2 cm³/mol. The first-order valence-electron chi connectivity index (χ1n) is 6.83. The first-order chi connectivity index (χ1) is 9.02. The number of fused-ring (bicyclic) bond motifs is 1. The van der Waals surface area contributed by atoms with Gasteiger partial charge in [-0.2, -0.15) is 0 Å². The average Bonchev–Trinajstić information content (AvgIpc) is 2.64. The molecular weight excluding hydrogens is 236 g/mol. The van der Waals surface area contributed by atoms with Gasteiger partial charge in [0.05, 0.1) is 0 Å². The summed E-state index contributed by atoms with van der Waals surface area (Å²) in [6.07, 6.45) is 0.881. The fourth-order valence-electron chi connectivity index (χ4n) is 2.43. The van der Waals surface area contributed by atoms with Gasteiger partial charge in [0, 0.05) is 36.1 Å². The SMILES string of the molecule is Cc1c(CCNC(=O)C(C)C)c2ccccc2n1C. The number of nitrogens with one attached hydrogen (secondary N) is 1. The van der Waals surface area contributed by atoms with Gasteiger partial charge in [-0.3, -0.25) is 4.79 Å². The van der Waals surface area contributed by atoms with Crippen molar-refractivity contribution in [3.05, 3.63) is 35.5 Å². The third-order valence-electron chi connectivity index (χ3n) is 3.73. The van der Waals surface area contributed by atoms with Crippen LogP contribution in [0.25, 0.3) is 10.9 Å². The molecule has 0 saturated carbocycles. The molecule has 0 aliphatic heterocycles. The lowest BCUT2D eigenvalue weighted by Gasteiger charge is -2.08. The largest absolute Gasteiger partial charge is 0.356 e. The van der Waals surface area contributed by atoms with Crippen molar-refractivity contribution < 1.29 is 4.79 Å². The van der Waals surface area contributed by atoms with Crippen LogP contribution in [0.15, 0.2) is 24.3 Å². The lowest BCUT2D eigenvalue weighted by atomic mass is 10.1. The first-order valence-corrected chi connectivity index (χ1v) is 6.83. The van der Waals surface area contributed by atoms with Gasteiger partial charge in [0.2, 0.25) is 5.91 Å². The number of benzene rings is 1. The number of carbonyl (C=O) groups is 1. The van der Waals surface area contributed by atoms with Crippen LogP contribution < -0.4 is 5.32 Å². The van der Waals surface area contributed by atoms with Gasteiger partial charge in [0.25, 0.3) is 0 Å². The van der Waals surface area contributed by atoms with E-state index in [9.17, 15) is 4.79 Å². The molecule has 0 saturated heterocycles. The Balaban J connectivity index is 2.17. The summed E-state index contributed by atoms with van der Waals surface area (Å²) >= 11 is 0. The van der Waals surface area contributed by atoms with E-state index < -0.39 is 0 Å². The van der Waals surface area contributed by atoms with Gasteiger partial charge in [-0.1, -0.05) is 32.0 Å². The molecule has 0 fully saturated rings. The summed E-state index contributed by atoms with van der Waals surface area (Å²) in [7, 11) is 2.09. The molecule has 3 heteroatoms. The number of aromatic nitrogens is 1. The van der Waals surface area contributed by atoms with Crippen molar-refractivity contribution in [2.45, 2.75) is 27.2 Å². The molecule has 3 nitrogen and oxygen atoms in total. The Hall–Kier alpha value is -1.77. The van der Waals surface area contributed by atoms with Gasteiger partial charge >= 0.3 is 0 Å². The monoisotopic (exact) mass is 258 g/mol. The molecule has 19 heavy (non-hydrogen) atoms. The van der Waals surface area contributed by atoms with Crippen LogP contribution in [0.1, 0.15) is 25.1 Å². The Morgan fingerprint density at radius 3 is 2.68 bits per heavy atom. The quantitative estimate of drug-likeness (QED) is 0.899. The van der Waals surface area contributed by atoms with Gasteiger partial charge in [-0.25, -0.2) is 0 Å². The number of carbonyl (C=O) groups excluding carboxylic acids is 1. The molecule has 1 N–H and O–H groups in total. The van der Waals surface area contributed by atoms with Crippen LogP contribution in [0.4, 0.5) is 0 Å². The summed E-state index contributed by atoms with van der Waals surface area (Å²) < 4.78 is 2.22. The number of nitrogens with zero attached hydrogens (tertiary/aromatic N) is 1. The Labute approximate surface area is 114 Å².